The Labute approximate surface area is 117 Å². The van der Waals surface area contributed by atoms with Crippen LogP contribution in [-0.2, 0) is 11.2 Å². The Hall–Kier alpha value is -2.49. The van der Waals surface area contributed by atoms with Crippen LogP contribution in [-0.4, -0.2) is 12.6 Å². The molecule has 0 heterocycles. The van der Waals surface area contributed by atoms with E-state index in [4.69, 9.17) is 16.2 Å². The van der Waals surface area contributed by atoms with Crippen molar-refractivity contribution in [3.8, 4) is 0 Å². The fourth-order valence-corrected chi connectivity index (χ4v) is 2.53. The third kappa shape index (κ3) is 2.20. The van der Waals surface area contributed by atoms with Crippen LogP contribution >= 0.6 is 0 Å². The van der Waals surface area contributed by atoms with Gasteiger partial charge in [0.25, 0.3) is 0 Å². The Morgan fingerprint density at radius 1 is 1.20 bits per heavy atom. The quantitative estimate of drug-likeness (QED) is 0.661. The van der Waals surface area contributed by atoms with Crippen molar-refractivity contribution in [2.45, 2.75) is 12.3 Å². The highest BCUT2D eigenvalue weighted by molar-refractivity contribution is 5.95. The van der Waals surface area contributed by atoms with Crippen LogP contribution in [0, 0.1) is 0 Å². The number of fused-ring (bicyclic) bond motifs is 1. The molecule has 0 radical (unpaired) electrons. The van der Waals surface area contributed by atoms with Gasteiger partial charge in [0, 0.05) is 17.3 Å². The van der Waals surface area contributed by atoms with Gasteiger partial charge in [-0.25, -0.2) is 4.79 Å². The molecule has 0 aliphatic heterocycles. The van der Waals surface area contributed by atoms with E-state index in [1.807, 2.05) is 12.1 Å². The van der Waals surface area contributed by atoms with Crippen molar-refractivity contribution in [3.63, 3.8) is 0 Å². The molecule has 0 saturated heterocycles. The zero-order valence-electron chi connectivity index (χ0n) is 11.0. The number of hydrogen-bond acceptors (Lipinski definition) is 4. The minimum atomic E-state index is -0.396. The molecule has 0 spiro atoms. The fourth-order valence-electron chi connectivity index (χ4n) is 2.53. The van der Waals surface area contributed by atoms with Crippen molar-refractivity contribution in [2.24, 2.45) is 0 Å². The van der Waals surface area contributed by atoms with E-state index in [2.05, 4.69) is 12.1 Å². The second-order valence-corrected chi connectivity index (χ2v) is 5.05. The summed E-state index contributed by atoms with van der Waals surface area (Å²) in [5.41, 5.74) is 15.2. The second kappa shape index (κ2) is 4.89. The third-order valence-corrected chi connectivity index (χ3v) is 3.67. The summed E-state index contributed by atoms with van der Waals surface area (Å²) in [6.45, 7) is 0.389. The summed E-state index contributed by atoms with van der Waals surface area (Å²) in [4.78, 5) is 12.0. The van der Waals surface area contributed by atoms with Gasteiger partial charge in [-0.3, -0.25) is 0 Å². The first-order chi connectivity index (χ1) is 9.65. The highest BCUT2D eigenvalue weighted by Crippen LogP contribution is 2.35. The summed E-state index contributed by atoms with van der Waals surface area (Å²) in [6, 6.07) is 13.0. The predicted molar refractivity (Wildman–Crippen MR) is 78.4 cm³/mol. The molecule has 0 fully saturated rings. The van der Waals surface area contributed by atoms with E-state index in [0.717, 1.165) is 6.42 Å². The van der Waals surface area contributed by atoms with Gasteiger partial charge in [0.1, 0.15) is 0 Å². The molecular formula is C16H16N2O2. The van der Waals surface area contributed by atoms with E-state index in [1.165, 1.54) is 11.1 Å². The fraction of sp³-hybridized carbons (Fsp3) is 0.188. The molecule has 1 unspecified atom stereocenters. The Morgan fingerprint density at radius 2 is 2.00 bits per heavy atom. The lowest BCUT2D eigenvalue weighted by Crippen LogP contribution is -2.23. The van der Waals surface area contributed by atoms with Crippen molar-refractivity contribution >= 4 is 17.3 Å². The molecule has 4 N–H and O–H groups in total. The molecule has 0 bridgehead atoms. The topological polar surface area (TPSA) is 78.3 Å². The van der Waals surface area contributed by atoms with Gasteiger partial charge in [0.2, 0.25) is 0 Å². The zero-order chi connectivity index (χ0) is 14.1. The standard InChI is InChI=1S/C16H16N2O2/c17-12-5-6-14(15(18)8-12)16(19)20-9-11-7-10-3-1-2-4-13(10)11/h1-6,8,11H,7,9,17-18H2. The lowest BCUT2D eigenvalue weighted by molar-refractivity contribution is 0.0471. The maximum atomic E-state index is 12.0. The van der Waals surface area contributed by atoms with Crippen molar-refractivity contribution < 1.29 is 9.53 Å². The van der Waals surface area contributed by atoms with E-state index < -0.39 is 5.97 Å². The highest BCUT2D eigenvalue weighted by atomic mass is 16.5. The number of nitrogens with two attached hydrogens (primary N) is 2. The lowest BCUT2D eigenvalue weighted by atomic mass is 9.78. The van der Waals surface area contributed by atoms with Crippen LogP contribution in [0.15, 0.2) is 42.5 Å². The van der Waals surface area contributed by atoms with E-state index in [-0.39, 0.29) is 0 Å². The molecule has 20 heavy (non-hydrogen) atoms. The van der Waals surface area contributed by atoms with Crippen molar-refractivity contribution in [3.05, 3.63) is 59.2 Å². The molecule has 0 aromatic heterocycles. The maximum absolute atomic E-state index is 12.0. The Bertz CT molecular complexity index is 667. The smallest absolute Gasteiger partial charge is 0.340 e. The van der Waals surface area contributed by atoms with Gasteiger partial charge in [-0.05, 0) is 35.7 Å². The largest absolute Gasteiger partial charge is 0.461 e. The Kier molecular flexibility index (Phi) is 3.06. The van der Waals surface area contributed by atoms with Gasteiger partial charge in [-0.15, -0.1) is 0 Å². The van der Waals surface area contributed by atoms with Gasteiger partial charge in [-0.1, -0.05) is 24.3 Å². The second-order valence-electron chi connectivity index (χ2n) is 5.05. The van der Waals surface area contributed by atoms with Crippen LogP contribution in [0.4, 0.5) is 11.4 Å². The van der Waals surface area contributed by atoms with Crippen LogP contribution in [0.3, 0.4) is 0 Å². The van der Waals surface area contributed by atoms with Gasteiger partial charge in [0.15, 0.2) is 0 Å². The Morgan fingerprint density at radius 3 is 2.75 bits per heavy atom. The zero-order valence-corrected chi connectivity index (χ0v) is 11.0. The molecule has 1 aliphatic rings. The number of carbonyl (C=O) groups excluding carboxylic acids is 1. The average molecular weight is 268 g/mol. The summed E-state index contributed by atoms with van der Waals surface area (Å²) in [6.07, 6.45) is 0.959. The van der Waals surface area contributed by atoms with E-state index in [1.54, 1.807) is 18.2 Å². The molecule has 4 nitrogen and oxygen atoms in total. The van der Waals surface area contributed by atoms with Crippen molar-refractivity contribution in [1.29, 1.82) is 0 Å². The summed E-state index contributed by atoms with van der Waals surface area (Å²) in [7, 11) is 0. The minimum absolute atomic E-state index is 0.296. The number of nitrogen functional groups attached to an aromatic ring is 2. The van der Waals surface area contributed by atoms with Gasteiger partial charge < -0.3 is 16.2 Å². The summed E-state index contributed by atoms with van der Waals surface area (Å²) in [5, 5.41) is 0. The summed E-state index contributed by atoms with van der Waals surface area (Å²) in [5.74, 6) is -0.1000. The van der Waals surface area contributed by atoms with E-state index in [9.17, 15) is 4.79 Å². The number of ether oxygens (including phenoxy) is 1. The molecule has 0 saturated carbocycles. The van der Waals surface area contributed by atoms with Gasteiger partial charge in [-0.2, -0.15) is 0 Å². The number of hydrogen-bond donors (Lipinski definition) is 2. The normalized spacial score (nSPS) is 16.1. The maximum Gasteiger partial charge on any atom is 0.340 e. The molecule has 0 amide bonds. The van der Waals surface area contributed by atoms with E-state index >= 15 is 0 Å². The average Bonchev–Trinajstić information content (AvgIpc) is 2.39. The summed E-state index contributed by atoms with van der Waals surface area (Å²) >= 11 is 0. The number of esters is 1. The van der Waals surface area contributed by atoms with Crippen molar-refractivity contribution in [2.75, 3.05) is 18.1 Å². The first-order valence-electron chi connectivity index (χ1n) is 6.55. The number of benzene rings is 2. The molecular weight excluding hydrogens is 252 g/mol. The molecule has 3 rings (SSSR count). The molecule has 2 aromatic carbocycles. The summed E-state index contributed by atoms with van der Waals surface area (Å²) < 4.78 is 5.35. The number of anilines is 2. The first-order valence-corrected chi connectivity index (χ1v) is 6.55. The third-order valence-electron chi connectivity index (χ3n) is 3.67. The monoisotopic (exact) mass is 268 g/mol. The van der Waals surface area contributed by atoms with E-state index in [0.29, 0.717) is 29.5 Å². The molecule has 2 aromatic rings. The van der Waals surface area contributed by atoms with Gasteiger partial charge in [0.05, 0.1) is 12.2 Å². The minimum Gasteiger partial charge on any atom is -0.461 e. The molecule has 1 aliphatic carbocycles. The highest BCUT2D eigenvalue weighted by Gasteiger charge is 2.26. The van der Waals surface area contributed by atoms with Crippen LogP contribution in [0.25, 0.3) is 0 Å². The predicted octanol–water partition coefficient (Wildman–Crippen LogP) is 2.35. The SMILES string of the molecule is Nc1ccc(C(=O)OCC2Cc3ccccc32)c(N)c1. The van der Waals surface area contributed by atoms with Gasteiger partial charge >= 0.3 is 5.97 Å². The Balaban J connectivity index is 1.64. The van der Waals surface area contributed by atoms with Crippen LogP contribution in [0.2, 0.25) is 0 Å². The first kappa shape index (κ1) is 12.5. The van der Waals surface area contributed by atoms with Crippen LogP contribution < -0.4 is 11.5 Å². The number of rotatable bonds is 3. The molecule has 102 valence electrons. The van der Waals surface area contributed by atoms with Crippen LogP contribution in [0.5, 0.6) is 0 Å². The molecule has 1 atom stereocenters. The van der Waals surface area contributed by atoms with Crippen molar-refractivity contribution in [1.82, 2.24) is 0 Å². The van der Waals surface area contributed by atoms with Crippen LogP contribution in [0.1, 0.15) is 27.4 Å². The lowest BCUT2D eigenvalue weighted by Gasteiger charge is -2.29. The number of carbonyl (C=O) groups is 1. The molecule has 4 heteroatoms.